The van der Waals surface area contributed by atoms with Crippen LogP contribution in [0.1, 0.15) is 5.56 Å². The number of benzene rings is 2. The highest BCUT2D eigenvalue weighted by atomic mass is 16.5. The molecule has 0 fully saturated rings. The zero-order valence-corrected chi connectivity index (χ0v) is 12.0. The van der Waals surface area contributed by atoms with Gasteiger partial charge >= 0.3 is 0 Å². The molecule has 108 valence electrons. The minimum absolute atomic E-state index is 0.228. The van der Waals surface area contributed by atoms with Gasteiger partial charge in [-0.05, 0) is 16.8 Å². The smallest absolute Gasteiger partial charge is 0.281 e. The van der Waals surface area contributed by atoms with Crippen molar-refractivity contribution in [3.8, 4) is 5.75 Å². The van der Waals surface area contributed by atoms with Gasteiger partial charge in [0.2, 0.25) is 0 Å². The Labute approximate surface area is 123 Å². The highest BCUT2D eigenvalue weighted by Crippen LogP contribution is 2.34. The first-order valence-corrected chi connectivity index (χ1v) is 6.82. The lowest BCUT2D eigenvalue weighted by atomic mass is 10.0. The highest BCUT2D eigenvalue weighted by molar-refractivity contribution is 5.91. The van der Waals surface area contributed by atoms with Crippen molar-refractivity contribution in [3.05, 3.63) is 42.0 Å². The molecule has 0 saturated carbocycles. The summed E-state index contributed by atoms with van der Waals surface area (Å²) >= 11 is 0. The first kappa shape index (κ1) is 13.4. The van der Waals surface area contributed by atoms with E-state index in [2.05, 4.69) is 22.7 Å². The van der Waals surface area contributed by atoms with E-state index in [1.807, 2.05) is 38.4 Å². The van der Waals surface area contributed by atoms with Crippen LogP contribution < -0.4 is 10.2 Å². The number of hydrogen-bond acceptors (Lipinski definition) is 3. The number of amides is 1. The van der Waals surface area contributed by atoms with Crippen LogP contribution >= 0.6 is 0 Å². The van der Waals surface area contributed by atoms with Gasteiger partial charge in [-0.25, -0.2) is 5.43 Å². The van der Waals surface area contributed by atoms with E-state index in [1.165, 1.54) is 6.34 Å². The quantitative estimate of drug-likeness (QED) is 0.530. The summed E-state index contributed by atoms with van der Waals surface area (Å²) in [6.07, 6.45) is 1.58. The summed E-state index contributed by atoms with van der Waals surface area (Å²) in [5, 5.41) is 6.16. The number of hydrogen-bond donors (Lipinski definition) is 1. The normalized spacial score (nSPS) is 16.8. The van der Waals surface area contributed by atoms with Gasteiger partial charge in [-0.1, -0.05) is 30.3 Å². The van der Waals surface area contributed by atoms with E-state index >= 15 is 0 Å². The van der Waals surface area contributed by atoms with Crippen molar-refractivity contribution >= 4 is 23.0 Å². The standard InChI is InChI=1S/C16H17N3O2/c1-19(2)10-17-18-16(20)15-9-13-12-6-4-3-5-11(12)7-8-14(13)21-15/h3-8,10,15H,9H2,1-2H3,(H,18,20). The Morgan fingerprint density at radius 3 is 2.95 bits per heavy atom. The SMILES string of the molecule is CN(C)C=NNC(=O)C1Cc2c(ccc3ccccc23)O1. The van der Waals surface area contributed by atoms with E-state index in [1.54, 1.807) is 4.90 Å². The lowest BCUT2D eigenvalue weighted by Crippen LogP contribution is -2.35. The van der Waals surface area contributed by atoms with Crippen LogP contribution in [0.25, 0.3) is 10.8 Å². The molecular weight excluding hydrogens is 266 g/mol. The minimum Gasteiger partial charge on any atom is -0.480 e. The summed E-state index contributed by atoms with van der Waals surface area (Å²) in [5.74, 6) is 0.554. The molecule has 0 radical (unpaired) electrons. The fraction of sp³-hybridized carbons (Fsp3) is 0.250. The molecule has 0 bridgehead atoms. The molecule has 1 heterocycles. The third-order valence-corrected chi connectivity index (χ3v) is 3.41. The average molecular weight is 283 g/mol. The molecule has 0 saturated heterocycles. The van der Waals surface area contributed by atoms with Crippen molar-refractivity contribution in [2.45, 2.75) is 12.5 Å². The van der Waals surface area contributed by atoms with Crippen LogP contribution in [0, 0.1) is 0 Å². The summed E-state index contributed by atoms with van der Waals surface area (Å²) in [6, 6.07) is 12.1. The molecule has 1 aliphatic heterocycles. The zero-order valence-electron chi connectivity index (χ0n) is 12.0. The Balaban J connectivity index is 1.78. The van der Waals surface area contributed by atoms with Gasteiger partial charge in [-0.15, -0.1) is 0 Å². The van der Waals surface area contributed by atoms with Gasteiger partial charge in [0.1, 0.15) is 12.1 Å². The summed E-state index contributed by atoms with van der Waals surface area (Å²) in [6.45, 7) is 0. The molecule has 0 aliphatic carbocycles. The third-order valence-electron chi connectivity index (χ3n) is 3.41. The summed E-state index contributed by atoms with van der Waals surface area (Å²) < 4.78 is 5.73. The molecule has 1 aliphatic rings. The molecule has 0 spiro atoms. The van der Waals surface area contributed by atoms with Crippen LogP contribution in [-0.4, -0.2) is 37.3 Å². The Bertz CT molecular complexity index is 710. The molecule has 21 heavy (non-hydrogen) atoms. The fourth-order valence-electron chi connectivity index (χ4n) is 2.44. The number of carbonyl (C=O) groups is 1. The molecule has 2 aromatic rings. The monoisotopic (exact) mass is 283 g/mol. The van der Waals surface area contributed by atoms with Crippen molar-refractivity contribution < 1.29 is 9.53 Å². The lowest BCUT2D eigenvalue weighted by molar-refractivity contribution is -0.127. The van der Waals surface area contributed by atoms with Gasteiger partial charge in [0.25, 0.3) is 5.91 Å². The van der Waals surface area contributed by atoms with Crippen LogP contribution in [0.5, 0.6) is 5.75 Å². The van der Waals surface area contributed by atoms with Gasteiger partial charge in [-0.3, -0.25) is 4.79 Å². The number of carbonyl (C=O) groups excluding carboxylic acids is 1. The second-order valence-electron chi connectivity index (χ2n) is 5.26. The summed E-state index contributed by atoms with van der Waals surface area (Å²) in [5.41, 5.74) is 3.59. The maximum Gasteiger partial charge on any atom is 0.281 e. The predicted molar refractivity (Wildman–Crippen MR) is 82.4 cm³/mol. The van der Waals surface area contributed by atoms with Crippen LogP contribution in [0.4, 0.5) is 0 Å². The van der Waals surface area contributed by atoms with E-state index in [0.29, 0.717) is 6.42 Å². The molecule has 1 amide bonds. The van der Waals surface area contributed by atoms with Gasteiger partial charge < -0.3 is 9.64 Å². The molecule has 5 nitrogen and oxygen atoms in total. The van der Waals surface area contributed by atoms with Gasteiger partial charge in [-0.2, -0.15) is 5.10 Å². The van der Waals surface area contributed by atoms with Crippen molar-refractivity contribution in [1.82, 2.24) is 10.3 Å². The second kappa shape index (κ2) is 5.44. The number of rotatable bonds is 3. The molecule has 1 N–H and O–H groups in total. The Morgan fingerprint density at radius 1 is 1.33 bits per heavy atom. The molecule has 0 aromatic heterocycles. The largest absolute Gasteiger partial charge is 0.480 e. The zero-order chi connectivity index (χ0) is 14.8. The van der Waals surface area contributed by atoms with Crippen LogP contribution in [0.2, 0.25) is 0 Å². The maximum atomic E-state index is 12.1. The average Bonchev–Trinajstić information content (AvgIpc) is 2.91. The molecular formula is C16H17N3O2. The summed E-state index contributed by atoms with van der Waals surface area (Å²) in [4.78, 5) is 13.8. The number of nitrogens with zero attached hydrogens (tertiary/aromatic N) is 2. The summed E-state index contributed by atoms with van der Waals surface area (Å²) in [7, 11) is 3.67. The van der Waals surface area contributed by atoms with Crippen LogP contribution in [-0.2, 0) is 11.2 Å². The van der Waals surface area contributed by atoms with E-state index in [4.69, 9.17) is 4.74 Å². The van der Waals surface area contributed by atoms with Crippen molar-refractivity contribution in [3.63, 3.8) is 0 Å². The molecule has 5 heteroatoms. The fourth-order valence-corrected chi connectivity index (χ4v) is 2.44. The second-order valence-corrected chi connectivity index (χ2v) is 5.26. The highest BCUT2D eigenvalue weighted by Gasteiger charge is 2.30. The Morgan fingerprint density at radius 2 is 2.14 bits per heavy atom. The van der Waals surface area contributed by atoms with E-state index in [-0.39, 0.29) is 5.91 Å². The van der Waals surface area contributed by atoms with Crippen LogP contribution in [0.3, 0.4) is 0 Å². The predicted octanol–water partition coefficient (Wildman–Crippen LogP) is 1.76. The van der Waals surface area contributed by atoms with Crippen molar-refractivity contribution in [2.75, 3.05) is 14.1 Å². The van der Waals surface area contributed by atoms with Gasteiger partial charge in [0.15, 0.2) is 6.10 Å². The number of nitrogens with one attached hydrogen (secondary N) is 1. The van der Waals surface area contributed by atoms with Gasteiger partial charge in [0.05, 0.1) is 0 Å². The Kier molecular flexibility index (Phi) is 3.48. The topological polar surface area (TPSA) is 53.9 Å². The van der Waals surface area contributed by atoms with E-state index in [0.717, 1.165) is 22.1 Å². The molecule has 2 aromatic carbocycles. The number of hydrazone groups is 1. The van der Waals surface area contributed by atoms with Crippen LogP contribution in [0.15, 0.2) is 41.5 Å². The number of ether oxygens (including phenoxy) is 1. The van der Waals surface area contributed by atoms with E-state index < -0.39 is 6.10 Å². The third kappa shape index (κ3) is 2.67. The number of fused-ring (bicyclic) bond motifs is 3. The molecule has 3 rings (SSSR count). The first-order valence-electron chi connectivity index (χ1n) is 6.82. The van der Waals surface area contributed by atoms with Crippen molar-refractivity contribution in [1.29, 1.82) is 0 Å². The molecule has 1 atom stereocenters. The van der Waals surface area contributed by atoms with Gasteiger partial charge in [0, 0.05) is 26.1 Å². The first-order chi connectivity index (χ1) is 10.1. The Hall–Kier alpha value is -2.56. The molecule has 1 unspecified atom stereocenters. The maximum absolute atomic E-state index is 12.1. The van der Waals surface area contributed by atoms with E-state index in [9.17, 15) is 4.79 Å². The lowest BCUT2D eigenvalue weighted by Gasteiger charge is -2.08. The van der Waals surface area contributed by atoms with Crippen molar-refractivity contribution in [2.24, 2.45) is 5.10 Å². The minimum atomic E-state index is -0.523.